The van der Waals surface area contributed by atoms with Gasteiger partial charge in [-0.05, 0) is 24.7 Å². The number of carbonyl (C=O) groups is 1. The number of likely N-dealkylation sites (tertiary alicyclic amines) is 1. The average Bonchev–Trinajstić information content (AvgIpc) is 2.25. The van der Waals surface area contributed by atoms with Gasteiger partial charge in [-0.25, -0.2) is 0 Å². The molecule has 0 saturated carbocycles. The molecule has 1 aliphatic heterocycles. The maximum atomic E-state index is 12.5. The zero-order valence-electron chi connectivity index (χ0n) is 12.5. The topological polar surface area (TPSA) is 46.3 Å². The third-order valence-electron chi connectivity index (χ3n) is 3.62. The molecule has 118 valence electrons. The van der Waals surface area contributed by atoms with Gasteiger partial charge in [0.2, 0.25) is 5.91 Å². The molecule has 0 aromatic rings. The molecule has 0 aromatic heterocycles. The third kappa shape index (κ3) is 5.69. The summed E-state index contributed by atoms with van der Waals surface area (Å²) < 4.78 is 37.6. The van der Waals surface area contributed by atoms with Crippen LogP contribution in [0.3, 0.4) is 0 Å². The molecule has 0 aliphatic carbocycles. The van der Waals surface area contributed by atoms with E-state index in [4.69, 9.17) is 5.73 Å². The fraction of sp³-hybridized carbons (Fsp3) is 0.929. The minimum Gasteiger partial charge on any atom is -0.343 e. The molecule has 0 aromatic carbocycles. The first-order valence-electron chi connectivity index (χ1n) is 7.09. The number of nitrogens with zero attached hydrogens (tertiary/aromatic N) is 1. The van der Waals surface area contributed by atoms with Crippen molar-refractivity contribution in [3.63, 3.8) is 0 Å². The quantitative estimate of drug-likeness (QED) is 0.870. The summed E-state index contributed by atoms with van der Waals surface area (Å²) >= 11 is 0. The van der Waals surface area contributed by atoms with E-state index in [0.29, 0.717) is 0 Å². The number of hydrogen-bond donors (Lipinski definition) is 1. The van der Waals surface area contributed by atoms with E-state index in [-0.39, 0.29) is 49.7 Å². The van der Waals surface area contributed by atoms with Crippen molar-refractivity contribution in [3.05, 3.63) is 0 Å². The number of hydrogen-bond acceptors (Lipinski definition) is 2. The van der Waals surface area contributed by atoms with Crippen LogP contribution >= 0.6 is 0 Å². The Morgan fingerprint density at radius 3 is 2.15 bits per heavy atom. The number of carbonyl (C=O) groups excluding carboxylic acids is 1. The van der Waals surface area contributed by atoms with Gasteiger partial charge < -0.3 is 10.6 Å². The molecule has 3 nitrogen and oxygen atoms in total. The normalized spacial score (nSPS) is 20.1. The van der Waals surface area contributed by atoms with Crippen molar-refractivity contribution in [2.45, 2.75) is 58.7 Å². The molecule has 6 heteroatoms. The highest BCUT2D eigenvalue weighted by molar-refractivity contribution is 5.76. The zero-order valence-corrected chi connectivity index (χ0v) is 12.5. The predicted octanol–water partition coefficient (Wildman–Crippen LogP) is 2.94. The summed E-state index contributed by atoms with van der Waals surface area (Å²) in [6.07, 6.45) is -3.20. The molecule has 20 heavy (non-hydrogen) atoms. The molecular weight excluding hydrogens is 269 g/mol. The Balaban J connectivity index is 2.40. The Morgan fingerprint density at radius 2 is 1.75 bits per heavy atom. The van der Waals surface area contributed by atoms with E-state index in [1.807, 2.05) is 20.8 Å². The van der Waals surface area contributed by atoms with E-state index < -0.39 is 12.1 Å². The van der Waals surface area contributed by atoms with E-state index in [2.05, 4.69) is 0 Å². The number of rotatable bonds is 3. The zero-order chi connectivity index (χ0) is 15.6. The van der Waals surface area contributed by atoms with Crippen molar-refractivity contribution in [1.29, 1.82) is 0 Å². The van der Waals surface area contributed by atoms with Gasteiger partial charge in [-0.1, -0.05) is 20.8 Å². The highest BCUT2D eigenvalue weighted by atomic mass is 19.4. The van der Waals surface area contributed by atoms with Gasteiger partial charge in [0.05, 0.1) is 5.92 Å². The number of nitrogens with two attached hydrogens (primary N) is 1. The molecule has 1 unspecified atom stereocenters. The maximum absolute atomic E-state index is 12.5. The highest BCUT2D eigenvalue weighted by Crippen LogP contribution is 2.34. The first kappa shape index (κ1) is 17.3. The number of halogens is 3. The monoisotopic (exact) mass is 294 g/mol. The standard InChI is InChI=1S/C14H25F3N2O/c1-13(2,3)9-11(18)8-12(20)19-6-4-10(5-7-19)14(15,16)17/h10-11H,4-9,18H2,1-3H3. The number of piperidine rings is 1. The molecule has 2 N–H and O–H groups in total. The Kier molecular flexibility index (Phi) is 5.46. The Labute approximate surface area is 118 Å². The van der Waals surface area contributed by atoms with Crippen LogP contribution in [0.2, 0.25) is 0 Å². The second kappa shape index (κ2) is 6.33. The van der Waals surface area contributed by atoms with Gasteiger partial charge in [0, 0.05) is 25.6 Å². The van der Waals surface area contributed by atoms with Gasteiger partial charge in [-0.15, -0.1) is 0 Å². The van der Waals surface area contributed by atoms with E-state index >= 15 is 0 Å². The lowest BCUT2D eigenvalue weighted by Crippen LogP contribution is -2.44. The fourth-order valence-corrected chi connectivity index (χ4v) is 2.67. The summed E-state index contributed by atoms with van der Waals surface area (Å²) in [7, 11) is 0. The van der Waals surface area contributed by atoms with Crippen molar-refractivity contribution in [2.24, 2.45) is 17.1 Å². The Morgan fingerprint density at radius 1 is 1.25 bits per heavy atom. The third-order valence-corrected chi connectivity index (χ3v) is 3.62. The second-order valence-electron chi connectivity index (χ2n) is 6.93. The molecule has 0 radical (unpaired) electrons. The summed E-state index contributed by atoms with van der Waals surface area (Å²) in [5.41, 5.74) is 5.98. The molecule has 1 heterocycles. The van der Waals surface area contributed by atoms with Crippen LogP contribution in [0.15, 0.2) is 0 Å². The molecule has 1 aliphatic rings. The van der Waals surface area contributed by atoms with Crippen LogP contribution in [0.4, 0.5) is 13.2 Å². The van der Waals surface area contributed by atoms with E-state index in [1.165, 1.54) is 4.90 Å². The van der Waals surface area contributed by atoms with Crippen LogP contribution in [-0.4, -0.2) is 36.1 Å². The van der Waals surface area contributed by atoms with Crippen molar-refractivity contribution in [1.82, 2.24) is 4.90 Å². The van der Waals surface area contributed by atoms with Crippen LogP contribution in [0.25, 0.3) is 0 Å². The second-order valence-corrected chi connectivity index (χ2v) is 6.93. The molecule has 1 atom stereocenters. The first-order valence-corrected chi connectivity index (χ1v) is 7.09. The van der Waals surface area contributed by atoms with Gasteiger partial charge in [0.15, 0.2) is 0 Å². The van der Waals surface area contributed by atoms with Crippen molar-refractivity contribution < 1.29 is 18.0 Å². The maximum Gasteiger partial charge on any atom is 0.391 e. The van der Waals surface area contributed by atoms with Crippen LogP contribution < -0.4 is 5.73 Å². The van der Waals surface area contributed by atoms with Crippen LogP contribution in [0, 0.1) is 11.3 Å². The summed E-state index contributed by atoms with van der Waals surface area (Å²) in [5.74, 6) is -1.39. The van der Waals surface area contributed by atoms with Gasteiger partial charge in [-0.3, -0.25) is 4.79 Å². The van der Waals surface area contributed by atoms with Crippen molar-refractivity contribution >= 4 is 5.91 Å². The molecule has 0 bridgehead atoms. The molecule has 1 fully saturated rings. The van der Waals surface area contributed by atoms with E-state index in [0.717, 1.165) is 6.42 Å². The lowest BCUT2D eigenvalue weighted by Gasteiger charge is -2.34. The summed E-state index contributed by atoms with van der Waals surface area (Å²) in [6.45, 7) is 6.51. The van der Waals surface area contributed by atoms with Crippen molar-refractivity contribution in [3.8, 4) is 0 Å². The average molecular weight is 294 g/mol. The summed E-state index contributed by atoms with van der Waals surface area (Å²) in [5, 5.41) is 0. The SMILES string of the molecule is CC(C)(C)CC(N)CC(=O)N1CCC(C(F)(F)F)CC1. The van der Waals surface area contributed by atoms with Crippen LogP contribution in [0.5, 0.6) is 0 Å². The highest BCUT2D eigenvalue weighted by Gasteiger charge is 2.41. The molecule has 1 amide bonds. The minimum atomic E-state index is -4.14. The van der Waals surface area contributed by atoms with Crippen LogP contribution in [-0.2, 0) is 4.79 Å². The first-order chi connectivity index (χ1) is 8.99. The lowest BCUT2D eigenvalue weighted by atomic mass is 9.87. The summed E-state index contributed by atoms with van der Waals surface area (Å²) in [6, 6.07) is -0.233. The fourth-order valence-electron chi connectivity index (χ4n) is 2.67. The Hall–Kier alpha value is -0.780. The van der Waals surface area contributed by atoms with Crippen LogP contribution in [0.1, 0.15) is 46.5 Å². The Bertz CT molecular complexity index is 328. The smallest absolute Gasteiger partial charge is 0.343 e. The molecule has 0 spiro atoms. The van der Waals surface area contributed by atoms with Gasteiger partial charge in [0.25, 0.3) is 0 Å². The van der Waals surface area contributed by atoms with E-state index in [1.54, 1.807) is 0 Å². The van der Waals surface area contributed by atoms with E-state index in [9.17, 15) is 18.0 Å². The van der Waals surface area contributed by atoms with Gasteiger partial charge in [-0.2, -0.15) is 13.2 Å². The minimum absolute atomic E-state index is 0.00372. The summed E-state index contributed by atoms with van der Waals surface area (Å²) in [4.78, 5) is 13.5. The largest absolute Gasteiger partial charge is 0.391 e. The number of alkyl halides is 3. The number of amides is 1. The van der Waals surface area contributed by atoms with Gasteiger partial charge >= 0.3 is 6.18 Å². The van der Waals surface area contributed by atoms with Crippen molar-refractivity contribution in [2.75, 3.05) is 13.1 Å². The lowest BCUT2D eigenvalue weighted by molar-refractivity contribution is -0.186. The molecule has 1 saturated heterocycles. The molecular formula is C14H25F3N2O. The predicted molar refractivity (Wildman–Crippen MR) is 72.0 cm³/mol. The molecule has 1 rings (SSSR count). The van der Waals surface area contributed by atoms with Gasteiger partial charge in [0.1, 0.15) is 0 Å².